The van der Waals surface area contributed by atoms with Crippen LogP contribution in [0.25, 0.3) is 32.6 Å². The van der Waals surface area contributed by atoms with E-state index >= 15 is 0 Å². The first-order valence-electron chi connectivity index (χ1n) is 7.26. The number of benzene rings is 2. The smallest absolute Gasteiger partial charge is 0.263 e. The van der Waals surface area contributed by atoms with Crippen LogP contribution in [0.3, 0.4) is 0 Å². The summed E-state index contributed by atoms with van der Waals surface area (Å²) in [6, 6.07) is 14.5. The summed E-state index contributed by atoms with van der Waals surface area (Å²) in [6.45, 7) is 0. The molecule has 0 amide bonds. The monoisotopic (exact) mass is 333 g/mol. The molecule has 5 nitrogen and oxygen atoms in total. The summed E-state index contributed by atoms with van der Waals surface area (Å²) in [6.07, 6.45) is 3.66. The van der Waals surface area contributed by atoms with Crippen LogP contribution in [0.2, 0.25) is 0 Å². The van der Waals surface area contributed by atoms with E-state index in [9.17, 15) is 10.1 Å². The van der Waals surface area contributed by atoms with Gasteiger partial charge in [0.05, 0.1) is 10.6 Å². The zero-order valence-electron chi connectivity index (χ0n) is 12.4. The maximum atomic E-state index is 10.7. The van der Waals surface area contributed by atoms with Crippen LogP contribution in [-0.2, 0) is 0 Å². The van der Waals surface area contributed by atoms with E-state index in [1.54, 1.807) is 12.1 Å². The number of rotatable bonds is 3. The van der Waals surface area contributed by atoms with Crippen molar-refractivity contribution in [2.24, 2.45) is 0 Å². The van der Waals surface area contributed by atoms with Gasteiger partial charge in [-0.15, -0.1) is 11.3 Å². The third kappa shape index (κ3) is 2.53. The van der Waals surface area contributed by atoms with Crippen LogP contribution >= 0.6 is 11.3 Å². The molecule has 0 bridgehead atoms. The Morgan fingerprint density at radius 3 is 2.58 bits per heavy atom. The van der Waals surface area contributed by atoms with Gasteiger partial charge < -0.3 is 0 Å². The van der Waals surface area contributed by atoms with Crippen LogP contribution in [0, 0.1) is 10.1 Å². The van der Waals surface area contributed by atoms with E-state index < -0.39 is 4.92 Å². The predicted molar refractivity (Wildman–Crippen MR) is 94.9 cm³/mol. The average Bonchev–Trinajstić information content (AvgIpc) is 3.11. The van der Waals surface area contributed by atoms with Crippen LogP contribution < -0.4 is 0 Å². The third-order valence-corrected chi connectivity index (χ3v) is 4.65. The van der Waals surface area contributed by atoms with Gasteiger partial charge in [0, 0.05) is 46.4 Å². The van der Waals surface area contributed by atoms with Gasteiger partial charge in [0.1, 0.15) is 5.01 Å². The highest BCUT2D eigenvalue weighted by atomic mass is 32.1. The molecule has 2 heterocycles. The zero-order valence-corrected chi connectivity index (χ0v) is 13.2. The minimum atomic E-state index is -0.405. The van der Waals surface area contributed by atoms with Crippen molar-refractivity contribution in [3.05, 3.63) is 76.4 Å². The fourth-order valence-corrected chi connectivity index (χ4v) is 3.42. The van der Waals surface area contributed by atoms with Crippen molar-refractivity contribution in [3.8, 4) is 21.8 Å². The summed E-state index contributed by atoms with van der Waals surface area (Å²) < 4.78 is 0. The molecule has 0 radical (unpaired) electrons. The molecule has 0 N–H and O–H groups in total. The first-order valence-corrected chi connectivity index (χ1v) is 8.14. The van der Waals surface area contributed by atoms with E-state index in [1.165, 1.54) is 23.5 Å². The molecule has 0 saturated carbocycles. The lowest BCUT2D eigenvalue weighted by Gasteiger charge is -2.02. The largest absolute Gasteiger partial charge is 0.269 e. The minimum absolute atomic E-state index is 0.0763. The van der Waals surface area contributed by atoms with E-state index in [1.807, 2.05) is 36.0 Å². The standard InChI is InChI=1S/C18H11N3O2S/c22-21(23)14-7-5-12(6-8-14)17-11-24-18(20-17)16-10-19-9-13-3-1-2-4-15(13)16/h1-11H. The molecule has 0 spiro atoms. The summed E-state index contributed by atoms with van der Waals surface area (Å²) in [5.41, 5.74) is 2.73. The first kappa shape index (κ1) is 14.5. The predicted octanol–water partition coefficient (Wildman–Crippen LogP) is 4.93. The van der Waals surface area contributed by atoms with Gasteiger partial charge in [-0.2, -0.15) is 0 Å². The van der Waals surface area contributed by atoms with Gasteiger partial charge >= 0.3 is 0 Å². The summed E-state index contributed by atoms with van der Waals surface area (Å²) in [5.74, 6) is 0. The number of fused-ring (bicyclic) bond motifs is 1. The van der Waals surface area contributed by atoms with Crippen molar-refractivity contribution < 1.29 is 4.92 Å². The average molecular weight is 333 g/mol. The number of hydrogen-bond acceptors (Lipinski definition) is 5. The molecule has 0 aliphatic heterocycles. The normalized spacial score (nSPS) is 10.8. The highest BCUT2D eigenvalue weighted by Crippen LogP contribution is 2.33. The second-order valence-corrected chi connectivity index (χ2v) is 6.11. The van der Waals surface area contributed by atoms with Crippen molar-refractivity contribution in [1.29, 1.82) is 0 Å². The number of nitrogens with zero attached hydrogens (tertiary/aromatic N) is 3. The second-order valence-electron chi connectivity index (χ2n) is 5.25. The van der Waals surface area contributed by atoms with Crippen LogP contribution in [0.1, 0.15) is 0 Å². The molecule has 116 valence electrons. The van der Waals surface area contributed by atoms with Crippen LogP contribution in [0.15, 0.2) is 66.3 Å². The second kappa shape index (κ2) is 5.82. The van der Waals surface area contributed by atoms with Gasteiger partial charge in [0.2, 0.25) is 0 Å². The summed E-state index contributed by atoms with van der Waals surface area (Å²) >= 11 is 1.54. The molecule has 0 atom stereocenters. The highest BCUT2D eigenvalue weighted by molar-refractivity contribution is 7.13. The molecule has 4 aromatic rings. The summed E-state index contributed by atoms with van der Waals surface area (Å²) in [5, 5.41) is 15.8. The topological polar surface area (TPSA) is 68.9 Å². The van der Waals surface area contributed by atoms with Gasteiger partial charge in [-0.3, -0.25) is 15.1 Å². The lowest BCUT2D eigenvalue weighted by molar-refractivity contribution is -0.384. The number of nitro groups is 1. The highest BCUT2D eigenvalue weighted by Gasteiger charge is 2.11. The Morgan fingerprint density at radius 2 is 1.79 bits per heavy atom. The molecule has 0 aliphatic carbocycles. The molecule has 24 heavy (non-hydrogen) atoms. The van der Waals surface area contributed by atoms with Crippen LogP contribution in [0.5, 0.6) is 0 Å². The maximum absolute atomic E-state index is 10.7. The van der Waals surface area contributed by atoms with E-state index in [0.29, 0.717) is 0 Å². The number of pyridine rings is 1. The fourth-order valence-electron chi connectivity index (χ4n) is 2.57. The van der Waals surface area contributed by atoms with Crippen molar-refractivity contribution in [2.45, 2.75) is 0 Å². The van der Waals surface area contributed by atoms with Crippen LogP contribution in [0.4, 0.5) is 5.69 Å². The lowest BCUT2D eigenvalue weighted by Crippen LogP contribution is -1.87. The Kier molecular flexibility index (Phi) is 3.51. The Morgan fingerprint density at radius 1 is 1.00 bits per heavy atom. The minimum Gasteiger partial charge on any atom is -0.263 e. The molecule has 2 aromatic heterocycles. The van der Waals surface area contributed by atoms with E-state index in [4.69, 9.17) is 0 Å². The molecular weight excluding hydrogens is 322 g/mol. The number of nitro benzene ring substituents is 1. The van der Waals surface area contributed by atoms with Crippen molar-refractivity contribution in [2.75, 3.05) is 0 Å². The van der Waals surface area contributed by atoms with Crippen molar-refractivity contribution >= 4 is 27.8 Å². The Hall–Kier alpha value is -3.12. The molecular formula is C18H11N3O2S. The zero-order chi connectivity index (χ0) is 16.5. The van der Waals surface area contributed by atoms with Crippen molar-refractivity contribution in [1.82, 2.24) is 9.97 Å². The van der Waals surface area contributed by atoms with Gasteiger partial charge in [0.15, 0.2) is 0 Å². The number of aromatic nitrogens is 2. The van der Waals surface area contributed by atoms with E-state index in [0.717, 1.165) is 32.6 Å². The first-order chi connectivity index (χ1) is 11.7. The quantitative estimate of drug-likeness (QED) is 0.393. The molecule has 0 fully saturated rings. The SMILES string of the molecule is O=[N+]([O-])c1ccc(-c2csc(-c3cncc4ccccc34)n2)cc1. The number of thiazole rings is 1. The number of hydrogen-bond donors (Lipinski definition) is 0. The summed E-state index contributed by atoms with van der Waals surface area (Å²) in [4.78, 5) is 19.3. The van der Waals surface area contributed by atoms with Gasteiger partial charge in [-0.1, -0.05) is 24.3 Å². The van der Waals surface area contributed by atoms with Crippen LogP contribution in [-0.4, -0.2) is 14.9 Å². The maximum Gasteiger partial charge on any atom is 0.269 e. The molecule has 6 heteroatoms. The Labute approximate surface area is 141 Å². The van der Waals surface area contributed by atoms with Gasteiger partial charge in [-0.05, 0) is 17.5 Å². The summed E-state index contributed by atoms with van der Waals surface area (Å²) in [7, 11) is 0. The fraction of sp³-hybridized carbons (Fsp3) is 0. The number of non-ortho nitro benzene ring substituents is 1. The lowest BCUT2D eigenvalue weighted by atomic mass is 10.1. The Bertz CT molecular complexity index is 1040. The molecule has 2 aromatic carbocycles. The van der Waals surface area contributed by atoms with Gasteiger partial charge in [0.25, 0.3) is 5.69 Å². The third-order valence-electron chi connectivity index (χ3n) is 3.78. The molecule has 0 unspecified atom stereocenters. The van der Waals surface area contributed by atoms with Crippen molar-refractivity contribution in [3.63, 3.8) is 0 Å². The van der Waals surface area contributed by atoms with Gasteiger partial charge in [-0.25, -0.2) is 4.98 Å². The Balaban J connectivity index is 1.75. The molecule has 4 rings (SSSR count). The van der Waals surface area contributed by atoms with E-state index in [-0.39, 0.29) is 5.69 Å². The molecule has 0 saturated heterocycles. The van der Waals surface area contributed by atoms with E-state index in [2.05, 4.69) is 16.0 Å². The molecule has 0 aliphatic rings.